The molecule has 1 aromatic heterocycles. The van der Waals surface area contributed by atoms with Crippen LogP contribution in [0.2, 0.25) is 0 Å². The van der Waals surface area contributed by atoms with E-state index in [1.54, 1.807) is 20.2 Å². The number of halogens is 4. The van der Waals surface area contributed by atoms with Crippen molar-refractivity contribution < 1.29 is 17.6 Å². The van der Waals surface area contributed by atoms with Gasteiger partial charge in [0.2, 0.25) is 0 Å². The molecule has 0 aliphatic rings. The van der Waals surface area contributed by atoms with Crippen molar-refractivity contribution in [3.63, 3.8) is 0 Å². The number of rotatable bonds is 2. The molecule has 0 spiro atoms. The third-order valence-electron chi connectivity index (χ3n) is 2.58. The predicted octanol–water partition coefficient (Wildman–Crippen LogP) is 3.63. The van der Waals surface area contributed by atoms with E-state index in [0.717, 1.165) is 12.1 Å². The summed E-state index contributed by atoms with van der Waals surface area (Å²) in [6.45, 7) is 1.71. The summed E-state index contributed by atoms with van der Waals surface area (Å²) in [5, 5.41) is 6.76. The lowest BCUT2D eigenvalue weighted by Crippen LogP contribution is -2.06. The molecule has 2 aromatic rings. The Labute approximate surface area is 106 Å². The van der Waals surface area contributed by atoms with Crippen molar-refractivity contribution in [2.24, 2.45) is 7.05 Å². The third kappa shape index (κ3) is 2.86. The van der Waals surface area contributed by atoms with E-state index in [4.69, 9.17) is 0 Å². The number of hydrogen-bond donors (Lipinski definition) is 1. The maximum absolute atomic E-state index is 13.6. The Hall–Kier alpha value is -2.05. The molecule has 0 unspecified atom stereocenters. The zero-order valence-corrected chi connectivity index (χ0v) is 10.2. The molecule has 7 heteroatoms. The van der Waals surface area contributed by atoms with Gasteiger partial charge in [-0.2, -0.15) is 18.3 Å². The number of nitrogens with zero attached hydrogens (tertiary/aromatic N) is 2. The van der Waals surface area contributed by atoms with Gasteiger partial charge in [0, 0.05) is 13.2 Å². The van der Waals surface area contributed by atoms with Crippen molar-refractivity contribution in [3.8, 4) is 0 Å². The van der Waals surface area contributed by atoms with Crippen molar-refractivity contribution in [1.82, 2.24) is 9.78 Å². The van der Waals surface area contributed by atoms with Gasteiger partial charge in [-0.25, -0.2) is 4.39 Å². The number of nitrogens with one attached hydrogen (secondary N) is 1. The van der Waals surface area contributed by atoms with E-state index in [0.29, 0.717) is 17.4 Å². The van der Waals surface area contributed by atoms with Crippen molar-refractivity contribution >= 4 is 11.4 Å². The average Bonchev–Trinajstić information content (AvgIpc) is 2.59. The molecule has 1 aromatic carbocycles. The molecule has 102 valence electrons. The number of aryl methyl sites for hydroxylation is 2. The van der Waals surface area contributed by atoms with E-state index in [2.05, 4.69) is 10.4 Å². The minimum Gasteiger partial charge on any atom is -0.350 e. The first-order chi connectivity index (χ1) is 8.77. The van der Waals surface area contributed by atoms with Crippen molar-refractivity contribution in [3.05, 3.63) is 41.5 Å². The molecule has 0 amide bonds. The van der Waals surface area contributed by atoms with E-state index in [-0.39, 0.29) is 5.69 Å². The first-order valence-corrected chi connectivity index (χ1v) is 5.41. The Morgan fingerprint density at radius 2 is 1.89 bits per heavy atom. The minimum atomic E-state index is -4.55. The van der Waals surface area contributed by atoms with Crippen LogP contribution in [0, 0.1) is 12.7 Å². The minimum absolute atomic E-state index is 0.0240. The molecule has 0 saturated heterocycles. The van der Waals surface area contributed by atoms with Gasteiger partial charge < -0.3 is 5.32 Å². The van der Waals surface area contributed by atoms with Gasteiger partial charge in [-0.3, -0.25) is 4.68 Å². The molecule has 0 bridgehead atoms. The van der Waals surface area contributed by atoms with Crippen LogP contribution in [-0.2, 0) is 13.2 Å². The number of alkyl halides is 3. The molecule has 1 N–H and O–H groups in total. The van der Waals surface area contributed by atoms with Crippen LogP contribution in [-0.4, -0.2) is 9.78 Å². The standard InChI is InChI=1S/C12H11F4N3/c1-7-11(6-19(2)18-7)17-10-4-3-8(5-9(10)13)12(14,15)16/h3-6,17H,1-2H3. The van der Waals surface area contributed by atoms with Gasteiger partial charge in [0.25, 0.3) is 0 Å². The highest BCUT2D eigenvalue weighted by Crippen LogP contribution is 2.32. The van der Waals surface area contributed by atoms with E-state index in [1.165, 1.54) is 4.68 Å². The highest BCUT2D eigenvalue weighted by Gasteiger charge is 2.31. The first kappa shape index (κ1) is 13.4. The summed E-state index contributed by atoms with van der Waals surface area (Å²) in [6, 6.07) is 2.36. The summed E-state index contributed by atoms with van der Waals surface area (Å²) in [5.41, 5.74) is 0.130. The summed E-state index contributed by atoms with van der Waals surface area (Å²) >= 11 is 0. The van der Waals surface area contributed by atoms with Gasteiger partial charge in [-0.15, -0.1) is 0 Å². The molecule has 0 aliphatic carbocycles. The third-order valence-corrected chi connectivity index (χ3v) is 2.58. The fourth-order valence-electron chi connectivity index (χ4n) is 1.66. The van der Waals surface area contributed by atoms with Crippen molar-refractivity contribution in [2.45, 2.75) is 13.1 Å². The van der Waals surface area contributed by atoms with Crippen LogP contribution in [0.5, 0.6) is 0 Å². The van der Waals surface area contributed by atoms with Crippen LogP contribution >= 0.6 is 0 Å². The second-order valence-electron chi connectivity index (χ2n) is 4.12. The summed E-state index contributed by atoms with van der Waals surface area (Å²) < 4.78 is 52.3. The normalized spacial score (nSPS) is 11.7. The Bertz CT molecular complexity index is 602. The Morgan fingerprint density at radius 3 is 2.37 bits per heavy atom. The highest BCUT2D eigenvalue weighted by atomic mass is 19.4. The molecule has 0 aliphatic heterocycles. The summed E-state index contributed by atoms with van der Waals surface area (Å²) in [4.78, 5) is 0. The molecule has 0 atom stereocenters. The van der Waals surface area contributed by atoms with Gasteiger partial charge in [-0.05, 0) is 25.1 Å². The van der Waals surface area contributed by atoms with Crippen LogP contribution in [0.3, 0.4) is 0 Å². The highest BCUT2D eigenvalue weighted by molar-refractivity contribution is 5.61. The SMILES string of the molecule is Cc1nn(C)cc1Nc1ccc(C(F)(F)F)cc1F. The summed E-state index contributed by atoms with van der Waals surface area (Å²) in [7, 11) is 1.70. The molecular weight excluding hydrogens is 262 g/mol. The number of benzene rings is 1. The molecule has 0 radical (unpaired) electrons. The Balaban J connectivity index is 2.30. The van der Waals surface area contributed by atoms with Crippen molar-refractivity contribution in [2.75, 3.05) is 5.32 Å². The molecule has 1 heterocycles. The molecule has 0 fully saturated rings. The second-order valence-corrected chi connectivity index (χ2v) is 4.12. The lowest BCUT2D eigenvalue weighted by Gasteiger charge is -2.10. The smallest absolute Gasteiger partial charge is 0.350 e. The van der Waals surface area contributed by atoms with Crippen LogP contribution in [0.15, 0.2) is 24.4 Å². The van der Waals surface area contributed by atoms with E-state index in [1.807, 2.05) is 0 Å². The maximum atomic E-state index is 13.6. The number of aromatic nitrogens is 2. The van der Waals surface area contributed by atoms with E-state index in [9.17, 15) is 17.6 Å². The fraction of sp³-hybridized carbons (Fsp3) is 0.250. The topological polar surface area (TPSA) is 29.9 Å². The predicted molar refractivity (Wildman–Crippen MR) is 62.6 cm³/mol. The van der Waals surface area contributed by atoms with Crippen molar-refractivity contribution in [1.29, 1.82) is 0 Å². The monoisotopic (exact) mass is 273 g/mol. The quantitative estimate of drug-likeness (QED) is 0.847. The number of anilines is 2. The van der Waals surface area contributed by atoms with E-state index < -0.39 is 17.6 Å². The van der Waals surface area contributed by atoms with Gasteiger partial charge in [0.05, 0.1) is 22.6 Å². The lowest BCUT2D eigenvalue weighted by atomic mass is 10.2. The maximum Gasteiger partial charge on any atom is 0.416 e. The fourth-order valence-corrected chi connectivity index (χ4v) is 1.66. The van der Waals surface area contributed by atoms with Gasteiger partial charge in [0.15, 0.2) is 0 Å². The molecular formula is C12H11F4N3. The zero-order chi connectivity index (χ0) is 14.2. The van der Waals surface area contributed by atoms with E-state index >= 15 is 0 Å². The molecule has 3 nitrogen and oxygen atoms in total. The molecule has 0 saturated carbocycles. The Morgan fingerprint density at radius 1 is 1.21 bits per heavy atom. The molecule has 2 rings (SSSR count). The first-order valence-electron chi connectivity index (χ1n) is 5.41. The second kappa shape index (κ2) is 4.56. The summed E-state index contributed by atoms with van der Waals surface area (Å²) in [6.07, 6.45) is -2.93. The van der Waals surface area contributed by atoms with Gasteiger partial charge in [-0.1, -0.05) is 0 Å². The number of hydrogen-bond acceptors (Lipinski definition) is 2. The largest absolute Gasteiger partial charge is 0.416 e. The van der Waals surface area contributed by atoms with Crippen LogP contribution < -0.4 is 5.32 Å². The Kier molecular flexibility index (Phi) is 3.21. The lowest BCUT2D eigenvalue weighted by molar-refractivity contribution is -0.137. The van der Waals surface area contributed by atoms with Crippen LogP contribution in [0.4, 0.5) is 28.9 Å². The van der Waals surface area contributed by atoms with Gasteiger partial charge >= 0.3 is 6.18 Å². The summed E-state index contributed by atoms with van der Waals surface area (Å²) in [5.74, 6) is -0.960. The average molecular weight is 273 g/mol. The van der Waals surface area contributed by atoms with Gasteiger partial charge in [0.1, 0.15) is 5.82 Å². The molecule has 19 heavy (non-hydrogen) atoms. The van der Waals surface area contributed by atoms with Crippen LogP contribution in [0.25, 0.3) is 0 Å². The zero-order valence-electron chi connectivity index (χ0n) is 10.2. The van der Waals surface area contributed by atoms with Crippen LogP contribution in [0.1, 0.15) is 11.3 Å².